The first-order chi connectivity index (χ1) is 9.40. The van der Waals surface area contributed by atoms with Crippen LogP contribution in [0.25, 0.3) is 0 Å². The number of halogens is 2. The average molecular weight is 305 g/mol. The molecule has 1 aliphatic carbocycles. The van der Waals surface area contributed by atoms with Gasteiger partial charge in [0.15, 0.2) is 0 Å². The van der Waals surface area contributed by atoms with Gasteiger partial charge in [0.25, 0.3) is 0 Å². The molecule has 0 aliphatic heterocycles. The molecule has 0 spiro atoms. The smallest absolute Gasteiger partial charge is 0.0562 e. The monoisotopic (exact) mass is 304 g/mol. The fourth-order valence-corrected chi connectivity index (χ4v) is 4.45. The van der Waals surface area contributed by atoms with Crippen molar-refractivity contribution in [1.82, 2.24) is 0 Å². The molecule has 0 bridgehead atoms. The largest absolute Gasteiger partial charge is 0.121 e. The summed E-state index contributed by atoms with van der Waals surface area (Å²) in [7, 11) is 0. The summed E-state index contributed by atoms with van der Waals surface area (Å²) in [5, 5.41) is 0.783. The van der Waals surface area contributed by atoms with Gasteiger partial charge in [0.1, 0.15) is 0 Å². The Labute approximate surface area is 130 Å². The molecule has 0 N–H and O–H groups in total. The van der Waals surface area contributed by atoms with E-state index in [9.17, 15) is 0 Å². The van der Waals surface area contributed by atoms with Crippen LogP contribution in [0, 0.1) is 0 Å². The van der Waals surface area contributed by atoms with Crippen molar-refractivity contribution in [3.05, 3.63) is 70.2 Å². The number of hydrogen-bond acceptors (Lipinski definition) is 0. The lowest BCUT2D eigenvalue weighted by Crippen LogP contribution is -2.37. The zero-order valence-electron chi connectivity index (χ0n) is 12.0. The first kappa shape index (κ1) is 14.0. The van der Waals surface area contributed by atoms with Crippen molar-refractivity contribution in [1.29, 1.82) is 0 Å². The minimum Gasteiger partial charge on any atom is -0.121 e. The molecule has 2 unspecified atom stereocenters. The first-order valence-electron chi connectivity index (χ1n) is 6.89. The molecular weight excluding hydrogens is 287 g/mol. The van der Waals surface area contributed by atoms with Crippen LogP contribution in [0.5, 0.6) is 0 Å². The van der Waals surface area contributed by atoms with Crippen molar-refractivity contribution >= 4 is 23.2 Å². The third-order valence-electron chi connectivity index (χ3n) is 4.73. The van der Waals surface area contributed by atoms with Gasteiger partial charge in [0, 0.05) is 15.9 Å². The molecule has 0 saturated heterocycles. The molecule has 2 aromatic rings. The number of hydrogen-bond donors (Lipinski definition) is 0. The van der Waals surface area contributed by atoms with Gasteiger partial charge in [-0.15, -0.1) is 11.6 Å². The summed E-state index contributed by atoms with van der Waals surface area (Å²) in [6.45, 7) is 6.59. The minimum atomic E-state index is -0.216. The fraction of sp³-hybridized carbons (Fsp3) is 0.333. The van der Waals surface area contributed by atoms with Gasteiger partial charge in [-0.1, -0.05) is 67.9 Å². The molecule has 0 nitrogen and oxygen atoms in total. The number of rotatable bonds is 1. The van der Waals surface area contributed by atoms with E-state index in [-0.39, 0.29) is 16.2 Å². The normalized spacial score (nSPS) is 27.4. The van der Waals surface area contributed by atoms with E-state index in [1.165, 1.54) is 16.7 Å². The fourth-order valence-electron chi connectivity index (χ4n) is 3.68. The first-order valence-corrected chi connectivity index (χ1v) is 7.70. The van der Waals surface area contributed by atoms with E-state index in [0.29, 0.717) is 0 Å². The maximum atomic E-state index is 6.92. The Kier molecular flexibility index (Phi) is 3.15. The predicted octanol–water partition coefficient (Wildman–Crippen LogP) is 5.54. The van der Waals surface area contributed by atoms with E-state index < -0.39 is 0 Å². The van der Waals surface area contributed by atoms with Gasteiger partial charge >= 0.3 is 0 Å². The predicted molar refractivity (Wildman–Crippen MR) is 87.0 cm³/mol. The number of fused-ring (bicyclic) bond motifs is 1. The summed E-state index contributed by atoms with van der Waals surface area (Å²) in [6, 6.07) is 16.6. The lowest BCUT2D eigenvalue weighted by atomic mass is 9.74. The highest BCUT2D eigenvalue weighted by Gasteiger charge is 2.54. The van der Waals surface area contributed by atoms with Crippen LogP contribution in [0.1, 0.15) is 37.5 Å². The van der Waals surface area contributed by atoms with Crippen LogP contribution < -0.4 is 0 Å². The Balaban J connectivity index is 2.33. The van der Waals surface area contributed by atoms with Crippen molar-refractivity contribution in [2.75, 3.05) is 0 Å². The van der Waals surface area contributed by atoms with Gasteiger partial charge in [-0.3, -0.25) is 0 Å². The van der Waals surface area contributed by atoms with E-state index in [2.05, 4.69) is 51.1 Å². The van der Waals surface area contributed by atoms with Crippen molar-refractivity contribution in [3.8, 4) is 0 Å². The molecule has 2 heteroatoms. The molecule has 104 valence electrons. The molecular formula is C18H18Cl2. The molecule has 20 heavy (non-hydrogen) atoms. The molecule has 0 amide bonds. The summed E-state index contributed by atoms with van der Waals surface area (Å²) in [5.74, 6) is 0. The van der Waals surface area contributed by atoms with Crippen molar-refractivity contribution in [2.45, 2.75) is 37.0 Å². The Hall–Kier alpha value is -0.980. The molecule has 2 aromatic carbocycles. The van der Waals surface area contributed by atoms with E-state index in [1.807, 2.05) is 18.2 Å². The molecule has 0 radical (unpaired) electrons. The molecule has 1 aliphatic rings. The molecule has 0 heterocycles. The van der Waals surface area contributed by atoms with Crippen LogP contribution in [0.3, 0.4) is 0 Å². The van der Waals surface area contributed by atoms with Crippen LogP contribution in [0.2, 0.25) is 5.02 Å². The number of benzene rings is 2. The van der Waals surface area contributed by atoms with Gasteiger partial charge in [-0.2, -0.15) is 0 Å². The van der Waals surface area contributed by atoms with Crippen molar-refractivity contribution in [3.63, 3.8) is 0 Å². The quantitative estimate of drug-likeness (QED) is 0.606. The van der Waals surface area contributed by atoms with E-state index in [1.54, 1.807) is 0 Å². The molecule has 3 rings (SSSR count). The topological polar surface area (TPSA) is 0 Å². The third-order valence-corrected chi connectivity index (χ3v) is 6.03. The van der Waals surface area contributed by atoms with E-state index in [4.69, 9.17) is 23.2 Å². The summed E-state index contributed by atoms with van der Waals surface area (Å²) in [6.07, 6.45) is 0. The maximum Gasteiger partial charge on any atom is 0.0562 e. The summed E-state index contributed by atoms with van der Waals surface area (Å²) in [5.41, 5.74) is 3.31. The lowest BCUT2D eigenvalue weighted by Gasteiger charge is -2.34. The van der Waals surface area contributed by atoms with Crippen molar-refractivity contribution < 1.29 is 0 Å². The third kappa shape index (κ3) is 1.68. The second-order valence-corrected chi connectivity index (χ2v) is 7.16. The lowest BCUT2D eigenvalue weighted by molar-refractivity contribution is 0.435. The zero-order valence-corrected chi connectivity index (χ0v) is 13.5. The standard InChI is InChI=1S/C18H18Cl2/c1-17(2)15-13(10-7-11-14(15)19)18(3,16(17)20)12-8-5-4-6-9-12/h4-11,16H,1-3H3. The second kappa shape index (κ2) is 4.51. The highest BCUT2D eigenvalue weighted by Crippen LogP contribution is 2.56. The van der Waals surface area contributed by atoms with Crippen LogP contribution in [0.4, 0.5) is 0 Å². The number of alkyl halides is 1. The second-order valence-electron chi connectivity index (χ2n) is 6.32. The molecule has 2 atom stereocenters. The Morgan fingerprint density at radius 3 is 2.20 bits per heavy atom. The minimum absolute atomic E-state index is 0.0349. The van der Waals surface area contributed by atoms with E-state index in [0.717, 1.165) is 5.02 Å². The zero-order chi connectivity index (χ0) is 14.5. The highest BCUT2D eigenvalue weighted by atomic mass is 35.5. The van der Waals surface area contributed by atoms with Gasteiger partial charge in [0.05, 0.1) is 5.38 Å². The molecule has 0 fully saturated rings. The highest BCUT2D eigenvalue weighted by molar-refractivity contribution is 6.32. The Bertz CT molecular complexity index is 646. The summed E-state index contributed by atoms with van der Waals surface area (Å²) < 4.78 is 0. The molecule has 0 aromatic heterocycles. The van der Waals surface area contributed by atoms with Gasteiger partial charge in [-0.05, 0) is 29.7 Å². The SMILES string of the molecule is CC1(C)c2c(Cl)cccc2C(C)(c2ccccc2)C1Cl. The van der Waals surface area contributed by atoms with E-state index >= 15 is 0 Å². The summed E-state index contributed by atoms with van der Waals surface area (Å²) in [4.78, 5) is 0. The van der Waals surface area contributed by atoms with Gasteiger partial charge < -0.3 is 0 Å². The average Bonchev–Trinajstić information content (AvgIpc) is 2.60. The van der Waals surface area contributed by atoms with Gasteiger partial charge in [0.2, 0.25) is 0 Å². The van der Waals surface area contributed by atoms with Crippen LogP contribution in [-0.4, -0.2) is 5.38 Å². The van der Waals surface area contributed by atoms with Crippen LogP contribution in [-0.2, 0) is 10.8 Å². The Morgan fingerprint density at radius 1 is 0.900 bits per heavy atom. The summed E-state index contributed by atoms with van der Waals surface area (Å²) >= 11 is 13.4. The molecule has 0 saturated carbocycles. The van der Waals surface area contributed by atoms with Gasteiger partial charge in [-0.25, -0.2) is 0 Å². The van der Waals surface area contributed by atoms with Crippen LogP contribution >= 0.6 is 23.2 Å². The van der Waals surface area contributed by atoms with Crippen LogP contribution in [0.15, 0.2) is 48.5 Å². The maximum absolute atomic E-state index is 6.92. The Morgan fingerprint density at radius 2 is 1.55 bits per heavy atom. The van der Waals surface area contributed by atoms with Crippen molar-refractivity contribution in [2.24, 2.45) is 0 Å².